The van der Waals surface area contributed by atoms with E-state index in [1.54, 1.807) is 0 Å². The molecule has 1 N–H and O–H groups in total. The molecule has 0 radical (unpaired) electrons. The van der Waals surface area contributed by atoms with Gasteiger partial charge in [-0.3, -0.25) is 4.68 Å². The molecule has 1 aliphatic carbocycles. The standard InChI is InChI=1S/C13H22ClN3/c1-10-13(14)12(17(2)16-10)9-15-8-11-6-4-3-5-7-11/h11,15H,3-9H2,1-2H3. The monoisotopic (exact) mass is 255 g/mol. The van der Waals surface area contributed by atoms with Gasteiger partial charge in [-0.15, -0.1) is 0 Å². The van der Waals surface area contributed by atoms with Crippen molar-refractivity contribution in [2.45, 2.75) is 45.6 Å². The lowest BCUT2D eigenvalue weighted by molar-refractivity contribution is 0.340. The molecular formula is C13H22ClN3. The Morgan fingerprint density at radius 3 is 2.65 bits per heavy atom. The summed E-state index contributed by atoms with van der Waals surface area (Å²) in [4.78, 5) is 0. The van der Waals surface area contributed by atoms with E-state index in [0.29, 0.717) is 0 Å². The Morgan fingerprint density at radius 1 is 1.35 bits per heavy atom. The van der Waals surface area contributed by atoms with Crippen LogP contribution in [-0.4, -0.2) is 16.3 Å². The van der Waals surface area contributed by atoms with Crippen molar-refractivity contribution in [1.82, 2.24) is 15.1 Å². The molecule has 1 aliphatic rings. The van der Waals surface area contributed by atoms with E-state index < -0.39 is 0 Å². The Balaban J connectivity index is 1.81. The van der Waals surface area contributed by atoms with E-state index in [-0.39, 0.29) is 0 Å². The van der Waals surface area contributed by atoms with Crippen LogP contribution in [0.5, 0.6) is 0 Å². The first kappa shape index (κ1) is 12.9. The SMILES string of the molecule is Cc1nn(C)c(CNCC2CCCCC2)c1Cl. The average Bonchev–Trinajstić information content (AvgIpc) is 2.57. The number of halogens is 1. The van der Waals surface area contributed by atoms with Crippen LogP contribution in [0.25, 0.3) is 0 Å². The van der Waals surface area contributed by atoms with Crippen molar-refractivity contribution in [3.8, 4) is 0 Å². The van der Waals surface area contributed by atoms with E-state index in [4.69, 9.17) is 11.6 Å². The number of hydrogen-bond acceptors (Lipinski definition) is 2. The summed E-state index contributed by atoms with van der Waals surface area (Å²) in [7, 11) is 1.95. The van der Waals surface area contributed by atoms with Gasteiger partial charge in [0, 0.05) is 13.6 Å². The highest BCUT2D eigenvalue weighted by Crippen LogP contribution is 2.23. The second-order valence-corrected chi connectivity index (χ2v) is 5.48. The molecule has 0 bridgehead atoms. The van der Waals surface area contributed by atoms with E-state index in [1.165, 1.54) is 32.1 Å². The predicted octanol–water partition coefficient (Wildman–Crippen LogP) is 3.05. The molecule has 17 heavy (non-hydrogen) atoms. The maximum atomic E-state index is 6.21. The van der Waals surface area contributed by atoms with E-state index in [0.717, 1.165) is 35.4 Å². The average molecular weight is 256 g/mol. The van der Waals surface area contributed by atoms with Crippen molar-refractivity contribution in [3.63, 3.8) is 0 Å². The van der Waals surface area contributed by atoms with Gasteiger partial charge in [0.1, 0.15) is 0 Å². The summed E-state index contributed by atoms with van der Waals surface area (Å²) in [5.74, 6) is 0.858. The number of nitrogens with one attached hydrogen (secondary N) is 1. The molecule has 4 heteroatoms. The van der Waals surface area contributed by atoms with Crippen LogP contribution >= 0.6 is 11.6 Å². The van der Waals surface area contributed by atoms with Gasteiger partial charge in [-0.2, -0.15) is 5.10 Å². The van der Waals surface area contributed by atoms with Crippen LogP contribution in [0.2, 0.25) is 5.02 Å². The highest BCUT2D eigenvalue weighted by molar-refractivity contribution is 6.31. The molecule has 3 nitrogen and oxygen atoms in total. The quantitative estimate of drug-likeness (QED) is 0.896. The molecule has 1 fully saturated rings. The zero-order valence-electron chi connectivity index (χ0n) is 10.8. The molecule has 0 atom stereocenters. The lowest BCUT2D eigenvalue weighted by atomic mass is 9.89. The summed E-state index contributed by atoms with van der Waals surface area (Å²) < 4.78 is 1.88. The van der Waals surface area contributed by atoms with Gasteiger partial charge in [0.15, 0.2) is 0 Å². The molecule has 1 aromatic rings. The van der Waals surface area contributed by atoms with Gasteiger partial charge in [-0.05, 0) is 32.2 Å². The van der Waals surface area contributed by atoms with Crippen LogP contribution in [0.3, 0.4) is 0 Å². The number of aryl methyl sites for hydroxylation is 2. The van der Waals surface area contributed by atoms with Gasteiger partial charge in [0.05, 0.1) is 16.4 Å². The summed E-state index contributed by atoms with van der Waals surface area (Å²) in [6.07, 6.45) is 6.98. The van der Waals surface area contributed by atoms with Crippen molar-refractivity contribution >= 4 is 11.6 Å². The van der Waals surface area contributed by atoms with Gasteiger partial charge >= 0.3 is 0 Å². The Morgan fingerprint density at radius 2 is 2.06 bits per heavy atom. The van der Waals surface area contributed by atoms with Crippen molar-refractivity contribution in [2.24, 2.45) is 13.0 Å². The van der Waals surface area contributed by atoms with E-state index in [2.05, 4.69) is 10.4 Å². The van der Waals surface area contributed by atoms with Crippen molar-refractivity contribution < 1.29 is 0 Å². The topological polar surface area (TPSA) is 29.9 Å². The maximum absolute atomic E-state index is 6.21. The number of aromatic nitrogens is 2. The van der Waals surface area contributed by atoms with Gasteiger partial charge in [0.25, 0.3) is 0 Å². The first-order chi connectivity index (χ1) is 8.18. The van der Waals surface area contributed by atoms with Crippen molar-refractivity contribution in [2.75, 3.05) is 6.54 Å². The molecule has 0 spiro atoms. The fourth-order valence-corrected chi connectivity index (χ4v) is 2.89. The maximum Gasteiger partial charge on any atom is 0.0860 e. The van der Waals surface area contributed by atoms with Crippen LogP contribution in [0.1, 0.15) is 43.5 Å². The van der Waals surface area contributed by atoms with E-state index in [9.17, 15) is 0 Å². The molecule has 0 aromatic carbocycles. The highest BCUT2D eigenvalue weighted by Gasteiger charge is 2.14. The Labute approximate surface area is 109 Å². The third-order valence-electron chi connectivity index (χ3n) is 3.71. The Hall–Kier alpha value is -0.540. The highest BCUT2D eigenvalue weighted by atomic mass is 35.5. The molecule has 0 unspecified atom stereocenters. The minimum absolute atomic E-state index is 0.809. The minimum Gasteiger partial charge on any atom is -0.311 e. The number of nitrogens with zero attached hydrogens (tertiary/aromatic N) is 2. The molecule has 96 valence electrons. The van der Waals surface area contributed by atoms with Crippen molar-refractivity contribution in [3.05, 3.63) is 16.4 Å². The van der Waals surface area contributed by atoms with Crippen LogP contribution in [-0.2, 0) is 13.6 Å². The fraction of sp³-hybridized carbons (Fsp3) is 0.769. The molecule has 0 aliphatic heterocycles. The van der Waals surface area contributed by atoms with E-state index in [1.807, 2.05) is 18.7 Å². The van der Waals surface area contributed by atoms with Crippen LogP contribution in [0.15, 0.2) is 0 Å². The van der Waals surface area contributed by atoms with Gasteiger partial charge < -0.3 is 5.32 Å². The second-order valence-electron chi connectivity index (χ2n) is 5.10. The third kappa shape index (κ3) is 3.23. The molecule has 0 saturated heterocycles. The third-order valence-corrected chi connectivity index (χ3v) is 4.20. The first-order valence-corrected chi connectivity index (χ1v) is 6.95. The van der Waals surface area contributed by atoms with Crippen LogP contribution < -0.4 is 5.32 Å². The summed E-state index contributed by atoms with van der Waals surface area (Å²) in [5.41, 5.74) is 2.02. The summed E-state index contributed by atoms with van der Waals surface area (Å²) in [6.45, 7) is 3.89. The van der Waals surface area contributed by atoms with Gasteiger partial charge in [-0.1, -0.05) is 30.9 Å². The molecule has 0 amide bonds. The fourth-order valence-electron chi connectivity index (χ4n) is 2.66. The van der Waals surface area contributed by atoms with Crippen LogP contribution in [0, 0.1) is 12.8 Å². The normalized spacial score (nSPS) is 17.6. The molecule has 1 heterocycles. The largest absolute Gasteiger partial charge is 0.311 e. The molecular weight excluding hydrogens is 234 g/mol. The zero-order valence-corrected chi connectivity index (χ0v) is 11.6. The number of hydrogen-bond donors (Lipinski definition) is 1. The minimum atomic E-state index is 0.809. The summed E-state index contributed by atoms with van der Waals surface area (Å²) >= 11 is 6.21. The Bertz CT molecular complexity index is 367. The van der Waals surface area contributed by atoms with E-state index >= 15 is 0 Å². The lowest BCUT2D eigenvalue weighted by Crippen LogP contribution is -2.25. The summed E-state index contributed by atoms with van der Waals surface area (Å²) in [5, 5.41) is 8.65. The van der Waals surface area contributed by atoms with Gasteiger partial charge in [-0.25, -0.2) is 0 Å². The second kappa shape index (κ2) is 5.87. The predicted molar refractivity (Wildman–Crippen MR) is 71.2 cm³/mol. The first-order valence-electron chi connectivity index (χ1n) is 6.57. The smallest absolute Gasteiger partial charge is 0.0860 e. The van der Waals surface area contributed by atoms with Crippen LogP contribution in [0.4, 0.5) is 0 Å². The van der Waals surface area contributed by atoms with Crippen molar-refractivity contribution in [1.29, 1.82) is 0 Å². The molecule has 2 rings (SSSR count). The number of rotatable bonds is 4. The Kier molecular flexibility index (Phi) is 4.46. The summed E-state index contributed by atoms with van der Waals surface area (Å²) in [6, 6.07) is 0. The zero-order chi connectivity index (χ0) is 12.3. The lowest BCUT2D eigenvalue weighted by Gasteiger charge is -2.21. The molecule has 1 aromatic heterocycles. The van der Waals surface area contributed by atoms with Gasteiger partial charge in [0.2, 0.25) is 0 Å². The molecule has 1 saturated carbocycles.